The molecule has 24 heavy (non-hydrogen) atoms. The van der Waals surface area contributed by atoms with Gasteiger partial charge in [0.05, 0.1) is 15.2 Å². The Kier molecular flexibility index (Phi) is 8.98. The first-order chi connectivity index (χ1) is 10.8. The van der Waals surface area contributed by atoms with Crippen molar-refractivity contribution in [3.63, 3.8) is 0 Å². The highest BCUT2D eigenvalue weighted by Crippen LogP contribution is 2.23. The maximum Gasteiger partial charge on any atom is 0.222 e. The fourth-order valence-corrected chi connectivity index (χ4v) is 4.10. The van der Waals surface area contributed by atoms with Crippen molar-refractivity contribution >= 4 is 52.3 Å². The van der Waals surface area contributed by atoms with Crippen molar-refractivity contribution in [3.05, 3.63) is 29.3 Å². The van der Waals surface area contributed by atoms with Crippen molar-refractivity contribution in [2.45, 2.75) is 25.7 Å². The van der Waals surface area contributed by atoms with Crippen LogP contribution in [0.3, 0.4) is 0 Å². The van der Waals surface area contributed by atoms with Crippen molar-refractivity contribution in [1.82, 2.24) is 15.2 Å². The minimum Gasteiger partial charge on any atom is -0.342 e. The highest BCUT2D eigenvalue weighted by atomic mass is 35.5. The molecule has 0 spiro atoms. The van der Waals surface area contributed by atoms with Gasteiger partial charge in [0.15, 0.2) is 0 Å². The Balaban J connectivity index is 0.00000144. The maximum atomic E-state index is 12.2. The molecule has 0 radical (unpaired) electrons. The zero-order chi connectivity index (χ0) is 15.4. The quantitative estimate of drug-likeness (QED) is 0.821. The molecule has 1 fully saturated rings. The molecule has 4 nitrogen and oxygen atoms in total. The van der Waals surface area contributed by atoms with E-state index in [1.54, 1.807) is 11.3 Å². The van der Waals surface area contributed by atoms with Gasteiger partial charge in [-0.1, -0.05) is 12.1 Å². The predicted molar refractivity (Wildman–Crippen MR) is 106 cm³/mol. The van der Waals surface area contributed by atoms with E-state index >= 15 is 0 Å². The number of nitrogens with one attached hydrogen (secondary N) is 1. The molecule has 134 valence electrons. The average molecular weight is 390 g/mol. The SMILES string of the molecule is CNCC1CCN(C(=O)CCCc2nc3ccccc3s2)C1.Cl.Cl. The lowest BCUT2D eigenvalue weighted by Gasteiger charge is -2.16. The second-order valence-electron chi connectivity index (χ2n) is 5.98. The van der Waals surface area contributed by atoms with Crippen LogP contribution in [0.5, 0.6) is 0 Å². The third-order valence-electron chi connectivity index (χ3n) is 4.25. The lowest BCUT2D eigenvalue weighted by molar-refractivity contribution is -0.130. The average Bonchev–Trinajstić information content (AvgIpc) is 3.13. The molecule has 3 rings (SSSR count). The predicted octanol–water partition coefficient (Wildman–Crippen LogP) is 3.53. The fourth-order valence-electron chi connectivity index (χ4n) is 3.09. The highest BCUT2D eigenvalue weighted by Gasteiger charge is 2.25. The van der Waals surface area contributed by atoms with Crippen LogP contribution in [0.1, 0.15) is 24.3 Å². The van der Waals surface area contributed by atoms with E-state index in [4.69, 9.17) is 0 Å². The molecule has 7 heteroatoms. The Morgan fingerprint density at radius 2 is 2.17 bits per heavy atom. The van der Waals surface area contributed by atoms with Crippen molar-refractivity contribution < 1.29 is 4.79 Å². The maximum absolute atomic E-state index is 12.2. The Labute approximate surface area is 159 Å². The van der Waals surface area contributed by atoms with Gasteiger partial charge in [0.2, 0.25) is 5.91 Å². The minimum atomic E-state index is 0. The first-order valence-electron chi connectivity index (χ1n) is 8.03. The van der Waals surface area contributed by atoms with Crippen molar-refractivity contribution in [2.24, 2.45) is 5.92 Å². The number of likely N-dealkylation sites (tertiary alicyclic amines) is 1. The van der Waals surface area contributed by atoms with E-state index in [-0.39, 0.29) is 24.8 Å². The number of halogens is 2. The van der Waals surface area contributed by atoms with Gasteiger partial charge >= 0.3 is 0 Å². The Morgan fingerprint density at radius 3 is 2.92 bits per heavy atom. The highest BCUT2D eigenvalue weighted by molar-refractivity contribution is 7.18. The van der Waals surface area contributed by atoms with Gasteiger partial charge in [-0.25, -0.2) is 4.98 Å². The lowest BCUT2D eigenvalue weighted by Crippen LogP contribution is -2.30. The molecule has 1 aliphatic rings. The topological polar surface area (TPSA) is 45.2 Å². The summed E-state index contributed by atoms with van der Waals surface area (Å²) in [5.74, 6) is 0.929. The first-order valence-corrected chi connectivity index (χ1v) is 8.84. The second kappa shape index (κ2) is 10.2. The lowest BCUT2D eigenvalue weighted by atomic mass is 10.1. The number of carbonyl (C=O) groups excluding carboxylic acids is 1. The number of fused-ring (bicyclic) bond motifs is 1. The summed E-state index contributed by atoms with van der Waals surface area (Å²) in [5, 5.41) is 4.34. The summed E-state index contributed by atoms with van der Waals surface area (Å²) < 4.78 is 1.23. The van der Waals surface area contributed by atoms with Gasteiger partial charge in [-0.2, -0.15) is 0 Å². The van der Waals surface area contributed by atoms with E-state index in [0.717, 1.165) is 49.4 Å². The van der Waals surface area contributed by atoms with E-state index in [9.17, 15) is 4.79 Å². The van der Waals surface area contributed by atoms with Crippen LogP contribution in [-0.2, 0) is 11.2 Å². The number of rotatable bonds is 6. The second-order valence-corrected chi connectivity index (χ2v) is 7.10. The molecule has 1 saturated heterocycles. The summed E-state index contributed by atoms with van der Waals surface area (Å²) in [7, 11) is 1.97. The number of hydrogen-bond acceptors (Lipinski definition) is 4. The number of para-hydroxylation sites is 1. The van der Waals surface area contributed by atoms with Crippen molar-refractivity contribution in [1.29, 1.82) is 0 Å². The number of hydrogen-bond donors (Lipinski definition) is 1. The van der Waals surface area contributed by atoms with Crippen LogP contribution in [0, 0.1) is 5.92 Å². The van der Waals surface area contributed by atoms with Gasteiger partial charge < -0.3 is 10.2 Å². The summed E-state index contributed by atoms with van der Waals surface area (Å²) in [6, 6.07) is 8.22. The van der Waals surface area contributed by atoms with Gasteiger partial charge in [0, 0.05) is 19.5 Å². The molecule has 2 aromatic rings. The summed E-state index contributed by atoms with van der Waals surface area (Å²) >= 11 is 1.74. The molecule has 1 atom stereocenters. The number of aryl methyl sites for hydroxylation is 1. The molecule has 0 bridgehead atoms. The summed E-state index contributed by atoms with van der Waals surface area (Å²) in [5.41, 5.74) is 1.07. The zero-order valence-corrected chi connectivity index (χ0v) is 16.3. The molecule has 1 aliphatic heterocycles. The molecule has 0 aliphatic carbocycles. The smallest absolute Gasteiger partial charge is 0.222 e. The minimum absolute atomic E-state index is 0. The van der Waals surface area contributed by atoms with Crippen LogP contribution in [0.2, 0.25) is 0 Å². The number of aromatic nitrogens is 1. The molecule has 1 amide bonds. The van der Waals surface area contributed by atoms with Crippen LogP contribution in [0.4, 0.5) is 0 Å². The number of thiazole rings is 1. The fraction of sp³-hybridized carbons (Fsp3) is 0.529. The van der Waals surface area contributed by atoms with E-state index in [1.807, 2.05) is 30.1 Å². The van der Waals surface area contributed by atoms with Gasteiger partial charge in [0.1, 0.15) is 0 Å². The molecule has 1 N–H and O–H groups in total. The van der Waals surface area contributed by atoms with Crippen LogP contribution in [0.25, 0.3) is 10.2 Å². The summed E-state index contributed by atoms with van der Waals surface area (Å²) in [4.78, 5) is 18.9. The van der Waals surface area contributed by atoms with Crippen molar-refractivity contribution in [3.8, 4) is 0 Å². The van der Waals surface area contributed by atoms with Gasteiger partial charge in [-0.15, -0.1) is 36.2 Å². The Morgan fingerprint density at radius 1 is 1.38 bits per heavy atom. The molecule has 2 heterocycles. The molecule has 1 unspecified atom stereocenters. The van der Waals surface area contributed by atoms with E-state index in [0.29, 0.717) is 18.2 Å². The van der Waals surface area contributed by atoms with E-state index < -0.39 is 0 Å². The number of amides is 1. The standard InChI is InChI=1S/C17H23N3OS.2ClH/c1-18-11-13-9-10-20(12-13)17(21)8-4-7-16-19-14-5-2-3-6-15(14)22-16;;/h2-3,5-6,13,18H,4,7-12H2,1H3;2*1H. The zero-order valence-electron chi connectivity index (χ0n) is 13.9. The molecular weight excluding hydrogens is 365 g/mol. The number of benzene rings is 1. The van der Waals surface area contributed by atoms with E-state index in [2.05, 4.69) is 16.4 Å². The van der Waals surface area contributed by atoms with Crippen LogP contribution < -0.4 is 5.32 Å². The van der Waals surface area contributed by atoms with Crippen LogP contribution in [0.15, 0.2) is 24.3 Å². The Hall–Kier alpha value is -0.880. The van der Waals surface area contributed by atoms with Crippen LogP contribution >= 0.6 is 36.2 Å². The monoisotopic (exact) mass is 389 g/mol. The third-order valence-corrected chi connectivity index (χ3v) is 5.35. The van der Waals surface area contributed by atoms with Crippen molar-refractivity contribution in [2.75, 3.05) is 26.7 Å². The first kappa shape index (κ1) is 21.2. The number of nitrogens with zero attached hydrogens (tertiary/aromatic N) is 2. The largest absolute Gasteiger partial charge is 0.342 e. The van der Waals surface area contributed by atoms with Gasteiger partial charge in [-0.3, -0.25) is 4.79 Å². The van der Waals surface area contributed by atoms with Gasteiger partial charge in [-0.05, 0) is 50.9 Å². The third kappa shape index (κ3) is 5.31. The molecule has 1 aromatic heterocycles. The normalized spacial score (nSPS) is 16.7. The molecular formula is C17H25Cl2N3OS. The number of carbonyl (C=O) groups is 1. The Bertz CT molecular complexity index is 617. The van der Waals surface area contributed by atoms with Crippen LogP contribution in [-0.4, -0.2) is 42.5 Å². The van der Waals surface area contributed by atoms with E-state index in [1.165, 1.54) is 4.70 Å². The molecule has 1 aromatic carbocycles. The summed E-state index contributed by atoms with van der Waals surface area (Å²) in [6.45, 7) is 2.85. The van der Waals surface area contributed by atoms with Gasteiger partial charge in [0.25, 0.3) is 0 Å². The molecule has 0 saturated carbocycles. The summed E-state index contributed by atoms with van der Waals surface area (Å²) in [6.07, 6.45) is 3.57.